The van der Waals surface area contributed by atoms with Crippen LogP contribution in [0.4, 0.5) is 0 Å². The van der Waals surface area contributed by atoms with Gasteiger partial charge in [-0.3, -0.25) is 0 Å². The Morgan fingerprint density at radius 2 is 1.61 bits per heavy atom. The maximum absolute atomic E-state index is 6.03. The molecule has 0 bridgehead atoms. The molecule has 0 unspecified atom stereocenters. The second-order valence-corrected chi connectivity index (χ2v) is 7.01. The molecule has 0 atom stereocenters. The smallest absolute Gasteiger partial charge is 0.245 e. The zero-order valence-corrected chi connectivity index (χ0v) is 18.6. The van der Waals surface area contributed by atoms with Crippen LogP contribution in [0.1, 0.15) is 12.5 Å². The molecular formula is C25H27ClN2O3. The Bertz CT molecular complexity index is 1130. The molecule has 0 fully saturated rings. The molecule has 3 aromatic carbocycles. The molecule has 0 radical (unpaired) electrons. The molecule has 0 amide bonds. The Morgan fingerprint density at radius 3 is 2.39 bits per heavy atom. The summed E-state index contributed by atoms with van der Waals surface area (Å²) in [5, 5.41) is 0. The number of halogens is 1. The largest absolute Gasteiger partial charge is 1.00 e. The van der Waals surface area contributed by atoms with Gasteiger partial charge in [0.1, 0.15) is 25.4 Å². The third-order valence-corrected chi connectivity index (χ3v) is 5.01. The summed E-state index contributed by atoms with van der Waals surface area (Å²) in [4.78, 5) is 0. The van der Waals surface area contributed by atoms with Crippen molar-refractivity contribution in [3.05, 3.63) is 84.7 Å². The van der Waals surface area contributed by atoms with E-state index in [-0.39, 0.29) is 12.4 Å². The first-order valence-electron chi connectivity index (χ1n) is 10.2. The Kier molecular flexibility index (Phi) is 7.79. The Labute approximate surface area is 189 Å². The predicted molar refractivity (Wildman–Crippen MR) is 117 cm³/mol. The molecule has 0 aliphatic carbocycles. The fraction of sp³-hybridized carbons (Fsp3) is 0.240. The van der Waals surface area contributed by atoms with Crippen LogP contribution in [0.25, 0.3) is 11.0 Å². The van der Waals surface area contributed by atoms with E-state index in [1.165, 1.54) is 16.6 Å². The average Bonchev–Trinajstić information content (AvgIpc) is 3.13. The SMILES string of the molecule is CCOc1ccccc1OCCn1c[n+](Cc2cccc(OC)c2)c2ccccc21.[Cl-]. The van der Waals surface area contributed by atoms with E-state index in [9.17, 15) is 0 Å². The molecule has 0 saturated carbocycles. The lowest BCUT2D eigenvalue weighted by Crippen LogP contribution is -3.00. The van der Waals surface area contributed by atoms with Gasteiger partial charge in [0.05, 0.1) is 13.7 Å². The quantitative estimate of drug-likeness (QED) is 0.371. The number of hydrogen-bond acceptors (Lipinski definition) is 3. The van der Waals surface area contributed by atoms with Crippen molar-refractivity contribution in [1.82, 2.24) is 4.57 Å². The van der Waals surface area contributed by atoms with Crippen LogP contribution in [0, 0.1) is 0 Å². The Morgan fingerprint density at radius 1 is 0.871 bits per heavy atom. The van der Waals surface area contributed by atoms with E-state index < -0.39 is 0 Å². The molecule has 5 nitrogen and oxygen atoms in total. The third kappa shape index (κ3) is 5.30. The van der Waals surface area contributed by atoms with Crippen molar-refractivity contribution in [2.45, 2.75) is 20.0 Å². The predicted octanol–water partition coefficient (Wildman–Crippen LogP) is 1.47. The van der Waals surface area contributed by atoms with E-state index >= 15 is 0 Å². The maximum atomic E-state index is 6.03. The van der Waals surface area contributed by atoms with Crippen molar-refractivity contribution in [1.29, 1.82) is 0 Å². The summed E-state index contributed by atoms with van der Waals surface area (Å²) < 4.78 is 21.5. The normalized spacial score (nSPS) is 10.5. The van der Waals surface area contributed by atoms with Crippen molar-refractivity contribution in [2.24, 2.45) is 0 Å². The van der Waals surface area contributed by atoms with Crippen LogP contribution in [0.2, 0.25) is 0 Å². The lowest BCUT2D eigenvalue weighted by Gasteiger charge is -2.10. The molecule has 0 aliphatic rings. The highest BCUT2D eigenvalue weighted by Crippen LogP contribution is 2.26. The molecule has 1 aromatic heterocycles. The molecule has 162 valence electrons. The molecular weight excluding hydrogens is 412 g/mol. The van der Waals surface area contributed by atoms with Gasteiger partial charge in [-0.2, -0.15) is 0 Å². The number of ether oxygens (including phenoxy) is 3. The van der Waals surface area contributed by atoms with Crippen LogP contribution in [0.15, 0.2) is 79.1 Å². The van der Waals surface area contributed by atoms with Crippen LogP contribution < -0.4 is 31.2 Å². The van der Waals surface area contributed by atoms with Gasteiger partial charge in [-0.25, -0.2) is 9.13 Å². The zero-order valence-electron chi connectivity index (χ0n) is 17.8. The number of methoxy groups -OCH3 is 1. The van der Waals surface area contributed by atoms with Crippen LogP contribution >= 0.6 is 0 Å². The van der Waals surface area contributed by atoms with E-state index in [1.54, 1.807) is 7.11 Å². The maximum Gasteiger partial charge on any atom is 0.245 e. The van der Waals surface area contributed by atoms with Gasteiger partial charge in [0.25, 0.3) is 0 Å². The molecule has 0 spiro atoms. The minimum atomic E-state index is 0. The Balaban J connectivity index is 0.00000272. The van der Waals surface area contributed by atoms with Crippen LogP contribution in [0.3, 0.4) is 0 Å². The van der Waals surface area contributed by atoms with E-state index in [0.717, 1.165) is 30.3 Å². The number of imidazole rings is 1. The monoisotopic (exact) mass is 438 g/mol. The Hall–Kier alpha value is -3.18. The summed E-state index contributed by atoms with van der Waals surface area (Å²) in [6.07, 6.45) is 2.15. The van der Waals surface area contributed by atoms with E-state index in [0.29, 0.717) is 13.2 Å². The fourth-order valence-electron chi connectivity index (χ4n) is 3.61. The lowest BCUT2D eigenvalue weighted by atomic mass is 10.2. The number of nitrogens with zero attached hydrogens (tertiary/aromatic N) is 2. The van der Waals surface area contributed by atoms with Gasteiger partial charge in [0, 0.05) is 0 Å². The molecule has 4 rings (SSSR count). The van der Waals surface area contributed by atoms with Crippen molar-refractivity contribution >= 4 is 11.0 Å². The summed E-state index contributed by atoms with van der Waals surface area (Å²) in [6.45, 7) is 4.67. The molecule has 4 aromatic rings. The lowest BCUT2D eigenvalue weighted by molar-refractivity contribution is -0.663. The van der Waals surface area contributed by atoms with Gasteiger partial charge >= 0.3 is 0 Å². The van der Waals surface area contributed by atoms with Gasteiger partial charge in [0.15, 0.2) is 22.5 Å². The highest BCUT2D eigenvalue weighted by Gasteiger charge is 2.16. The van der Waals surface area contributed by atoms with E-state index in [4.69, 9.17) is 14.2 Å². The van der Waals surface area contributed by atoms with Crippen LogP contribution in [0.5, 0.6) is 17.2 Å². The molecule has 0 N–H and O–H groups in total. The molecule has 6 heteroatoms. The van der Waals surface area contributed by atoms with Crippen LogP contribution in [-0.2, 0) is 13.1 Å². The van der Waals surface area contributed by atoms with Crippen molar-refractivity contribution in [3.8, 4) is 17.2 Å². The minimum absolute atomic E-state index is 0. The van der Waals surface area contributed by atoms with Gasteiger partial charge < -0.3 is 26.6 Å². The summed E-state index contributed by atoms with van der Waals surface area (Å²) in [5.41, 5.74) is 3.57. The number of aromatic nitrogens is 2. The van der Waals surface area contributed by atoms with Gasteiger partial charge in [-0.05, 0) is 48.9 Å². The van der Waals surface area contributed by atoms with Gasteiger partial charge in [-0.15, -0.1) is 0 Å². The van der Waals surface area contributed by atoms with Crippen molar-refractivity contribution in [3.63, 3.8) is 0 Å². The molecule has 1 heterocycles. The topological polar surface area (TPSA) is 36.5 Å². The second-order valence-electron chi connectivity index (χ2n) is 7.01. The first-order valence-corrected chi connectivity index (χ1v) is 10.2. The van der Waals surface area contributed by atoms with Crippen molar-refractivity contribution < 1.29 is 31.2 Å². The first-order chi connectivity index (χ1) is 14.8. The summed E-state index contributed by atoms with van der Waals surface area (Å²) in [6, 6.07) is 24.4. The second kappa shape index (κ2) is 10.7. The highest BCUT2D eigenvalue weighted by atomic mass is 35.5. The summed E-state index contributed by atoms with van der Waals surface area (Å²) in [5.74, 6) is 2.43. The number of para-hydroxylation sites is 4. The number of benzene rings is 3. The highest BCUT2D eigenvalue weighted by molar-refractivity contribution is 5.71. The standard InChI is InChI=1S/C25H27N2O3.ClH/c1-3-29-24-13-6-7-14-25(24)30-16-15-26-19-27(23-12-5-4-11-22(23)26)18-20-9-8-10-21(17-20)28-2;/h4-14,17,19H,3,15-16,18H2,1-2H3;1H/q+1;/p-1. The van der Waals surface area contributed by atoms with Gasteiger partial charge in [-0.1, -0.05) is 36.4 Å². The fourth-order valence-corrected chi connectivity index (χ4v) is 3.61. The minimum Gasteiger partial charge on any atom is -1.00 e. The van der Waals surface area contributed by atoms with E-state index in [2.05, 4.69) is 51.9 Å². The average molecular weight is 439 g/mol. The van der Waals surface area contributed by atoms with Crippen molar-refractivity contribution in [2.75, 3.05) is 20.3 Å². The summed E-state index contributed by atoms with van der Waals surface area (Å²) >= 11 is 0. The molecule has 0 saturated heterocycles. The third-order valence-electron chi connectivity index (χ3n) is 5.01. The first kappa shape index (κ1) is 22.5. The molecule has 31 heavy (non-hydrogen) atoms. The molecule has 0 aliphatic heterocycles. The van der Waals surface area contributed by atoms with E-state index in [1.807, 2.05) is 43.3 Å². The van der Waals surface area contributed by atoms with Gasteiger partial charge in [0.2, 0.25) is 6.33 Å². The zero-order chi connectivity index (χ0) is 20.8. The summed E-state index contributed by atoms with van der Waals surface area (Å²) in [7, 11) is 1.70. The number of fused-ring (bicyclic) bond motifs is 1. The van der Waals surface area contributed by atoms with Crippen LogP contribution in [-0.4, -0.2) is 24.9 Å². The number of hydrogen-bond donors (Lipinski definition) is 0. The number of rotatable bonds is 9.